The average molecular weight is 393 g/mol. The van der Waals surface area contributed by atoms with Gasteiger partial charge in [-0.25, -0.2) is 22.9 Å². The van der Waals surface area contributed by atoms with Crippen LogP contribution in [0.1, 0.15) is 5.56 Å². The molecule has 4 N–H and O–H groups in total. The van der Waals surface area contributed by atoms with Gasteiger partial charge in [-0.3, -0.25) is 4.98 Å². The third-order valence-electron chi connectivity index (χ3n) is 3.79. The summed E-state index contributed by atoms with van der Waals surface area (Å²) in [5.74, 6) is -0.182. The molecule has 134 valence electrons. The lowest BCUT2D eigenvalue weighted by Gasteiger charge is -2.13. The predicted molar refractivity (Wildman–Crippen MR) is 98.4 cm³/mol. The minimum atomic E-state index is -4.10. The van der Waals surface area contributed by atoms with E-state index in [9.17, 15) is 12.8 Å². The van der Waals surface area contributed by atoms with Gasteiger partial charge in [0.2, 0.25) is 10.0 Å². The normalized spacial score (nSPS) is 11.5. The molecule has 0 fully saturated rings. The van der Waals surface area contributed by atoms with Crippen LogP contribution in [0, 0.1) is 12.7 Å². The number of halogens is 2. The Morgan fingerprint density at radius 1 is 1.08 bits per heavy atom. The molecule has 0 radical (unpaired) electrons. The van der Waals surface area contributed by atoms with Crippen molar-refractivity contribution in [3.8, 4) is 22.4 Å². The molecule has 0 aliphatic rings. The first kappa shape index (κ1) is 18.2. The summed E-state index contributed by atoms with van der Waals surface area (Å²) >= 11 is 6.26. The van der Waals surface area contributed by atoms with E-state index in [1.165, 1.54) is 24.4 Å². The molecule has 1 aromatic carbocycles. The highest BCUT2D eigenvalue weighted by atomic mass is 35.5. The number of pyridine rings is 2. The molecule has 3 rings (SSSR count). The van der Waals surface area contributed by atoms with Crippen LogP contribution in [0.3, 0.4) is 0 Å². The Bertz CT molecular complexity index is 1100. The summed E-state index contributed by atoms with van der Waals surface area (Å²) in [6.45, 7) is 1.81. The number of aryl methyl sites for hydroxylation is 1. The van der Waals surface area contributed by atoms with E-state index >= 15 is 0 Å². The van der Waals surface area contributed by atoms with Crippen molar-refractivity contribution in [1.82, 2.24) is 9.97 Å². The number of hydrogen-bond donors (Lipinski definition) is 2. The maximum atomic E-state index is 13.2. The molecular weight excluding hydrogens is 379 g/mol. The van der Waals surface area contributed by atoms with E-state index in [-0.39, 0.29) is 9.92 Å². The molecule has 0 spiro atoms. The van der Waals surface area contributed by atoms with Crippen molar-refractivity contribution in [2.45, 2.75) is 11.8 Å². The molecule has 0 saturated carbocycles. The van der Waals surface area contributed by atoms with Gasteiger partial charge in [0.15, 0.2) is 0 Å². The van der Waals surface area contributed by atoms with Gasteiger partial charge in [-0.1, -0.05) is 11.6 Å². The molecule has 6 nitrogen and oxygen atoms in total. The van der Waals surface area contributed by atoms with Crippen LogP contribution in [-0.2, 0) is 10.0 Å². The lowest BCUT2D eigenvalue weighted by atomic mass is 9.99. The Kier molecular flexibility index (Phi) is 4.66. The Labute approximate surface area is 154 Å². The average Bonchev–Trinajstić information content (AvgIpc) is 2.55. The van der Waals surface area contributed by atoms with Crippen molar-refractivity contribution in [2.24, 2.45) is 5.14 Å². The number of sulfonamides is 1. The SMILES string of the molecule is Cc1cc(N)ncc1-c1cc(-c2ccc(F)cn2)c(Cl)c(S(N)(=O)=O)c1. The van der Waals surface area contributed by atoms with Gasteiger partial charge >= 0.3 is 0 Å². The summed E-state index contributed by atoms with van der Waals surface area (Å²) in [5, 5.41) is 5.22. The first-order valence-electron chi connectivity index (χ1n) is 7.37. The predicted octanol–water partition coefficient (Wildman–Crippen LogP) is 3.14. The van der Waals surface area contributed by atoms with E-state index in [2.05, 4.69) is 9.97 Å². The van der Waals surface area contributed by atoms with Gasteiger partial charge in [-0.05, 0) is 48.4 Å². The molecule has 0 atom stereocenters. The Morgan fingerprint density at radius 3 is 2.38 bits per heavy atom. The van der Waals surface area contributed by atoms with E-state index in [0.717, 1.165) is 11.8 Å². The summed E-state index contributed by atoms with van der Waals surface area (Å²) in [7, 11) is -4.10. The van der Waals surface area contributed by atoms with E-state index in [0.29, 0.717) is 28.2 Å². The van der Waals surface area contributed by atoms with E-state index < -0.39 is 15.8 Å². The Hall–Kier alpha value is -2.55. The van der Waals surface area contributed by atoms with Crippen LogP contribution in [0.2, 0.25) is 5.02 Å². The van der Waals surface area contributed by atoms with Gasteiger partial charge < -0.3 is 5.73 Å². The number of rotatable bonds is 3. The molecule has 0 unspecified atom stereocenters. The quantitative estimate of drug-likeness (QED) is 0.711. The second kappa shape index (κ2) is 6.64. The van der Waals surface area contributed by atoms with Crippen LogP contribution in [0.4, 0.5) is 10.2 Å². The number of hydrogen-bond acceptors (Lipinski definition) is 5. The van der Waals surface area contributed by atoms with Gasteiger partial charge in [-0.2, -0.15) is 0 Å². The van der Waals surface area contributed by atoms with Crippen LogP contribution < -0.4 is 10.9 Å². The highest BCUT2D eigenvalue weighted by Crippen LogP contribution is 2.37. The fraction of sp³-hybridized carbons (Fsp3) is 0.0588. The van der Waals surface area contributed by atoms with Gasteiger partial charge in [0.05, 0.1) is 16.9 Å². The van der Waals surface area contributed by atoms with Crippen LogP contribution >= 0.6 is 11.6 Å². The fourth-order valence-electron chi connectivity index (χ4n) is 2.56. The minimum Gasteiger partial charge on any atom is -0.384 e. The number of nitrogens with zero attached hydrogens (tertiary/aromatic N) is 2. The lowest BCUT2D eigenvalue weighted by molar-refractivity contribution is 0.598. The molecule has 0 aliphatic carbocycles. The molecule has 26 heavy (non-hydrogen) atoms. The number of primary sulfonamides is 1. The van der Waals surface area contributed by atoms with Gasteiger partial charge in [0, 0.05) is 17.3 Å². The zero-order chi connectivity index (χ0) is 19.1. The van der Waals surface area contributed by atoms with Crippen LogP contribution in [-0.4, -0.2) is 18.4 Å². The summed E-state index contributed by atoms with van der Waals surface area (Å²) in [5.41, 5.74) is 8.25. The largest absolute Gasteiger partial charge is 0.384 e. The van der Waals surface area contributed by atoms with Crippen molar-refractivity contribution in [3.63, 3.8) is 0 Å². The van der Waals surface area contributed by atoms with E-state index in [1.807, 2.05) is 6.92 Å². The van der Waals surface area contributed by atoms with Crippen molar-refractivity contribution in [2.75, 3.05) is 5.73 Å². The Balaban J connectivity index is 2.33. The van der Waals surface area contributed by atoms with E-state index in [1.54, 1.807) is 12.1 Å². The summed E-state index contributed by atoms with van der Waals surface area (Å²) in [6.07, 6.45) is 2.55. The molecule has 0 aliphatic heterocycles. The van der Waals surface area contributed by atoms with Gasteiger partial charge in [0.25, 0.3) is 0 Å². The zero-order valence-corrected chi connectivity index (χ0v) is 15.1. The summed E-state index contributed by atoms with van der Waals surface area (Å²) in [4.78, 5) is 7.76. The number of benzene rings is 1. The summed E-state index contributed by atoms with van der Waals surface area (Å²) in [6, 6.07) is 7.29. The van der Waals surface area contributed by atoms with Crippen molar-refractivity contribution >= 4 is 27.4 Å². The van der Waals surface area contributed by atoms with Gasteiger partial charge in [0.1, 0.15) is 16.5 Å². The second-order valence-corrected chi connectivity index (χ2v) is 7.57. The molecule has 0 saturated heterocycles. The highest BCUT2D eigenvalue weighted by Gasteiger charge is 2.20. The monoisotopic (exact) mass is 392 g/mol. The Morgan fingerprint density at radius 2 is 1.81 bits per heavy atom. The first-order chi connectivity index (χ1) is 12.2. The number of nitrogen functional groups attached to an aromatic ring is 1. The molecular formula is C17H14ClFN4O2S. The number of aromatic nitrogens is 2. The molecule has 2 heterocycles. The van der Waals surface area contributed by atoms with Crippen LogP contribution in [0.25, 0.3) is 22.4 Å². The minimum absolute atomic E-state index is 0.0867. The lowest BCUT2D eigenvalue weighted by Crippen LogP contribution is -2.13. The van der Waals surface area contributed by atoms with Crippen LogP contribution in [0.5, 0.6) is 0 Å². The maximum Gasteiger partial charge on any atom is 0.239 e. The smallest absolute Gasteiger partial charge is 0.239 e. The third kappa shape index (κ3) is 3.52. The molecule has 9 heteroatoms. The van der Waals surface area contributed by atoms with Crippen molar-refractivity contribution in [3.05, 3.63) is 59.1 Å². The molecule has 0 bridgehead atoms. The van der Waals surface area contributed by atoms with Crippen molar-refractivity contribution in [1.29, 1.82) is 0 Å². The fourth-order valence-corrected chi connectivity index (χ4v) is 3.74. The van der Waals surface area contributed by atoms with E-state index in [4.69, 9.17) is 22.5 Å². The number of nitrogens with two attached hydrogens (primary N) is 2. The molecule has 3 aromatic rings. The maximum absolute atomic E-state index is 13.2. The second-order valence-electron chi connectivity index (χ2n) is 5.67. The first-order valence-corrected chi connectivity index (χ1v) is 9.30. The topological polar surface area (TPSA) is 112 Å². The molecule has 2 aromatic heterocycles. The third-order valence-corrected chi connectivity index (χ3v) is 5.25. The standard InChI is InChI=1S/C17H14ClFN4O2S/c1-9-4-16(20)23-8-13(9)10-5-12(14-3-2-11(19)7-22-14)17(18)15(6-10)26(21,24)25/h2-8H,1H3,(H2,20,23)(H2,21,24,25). The van der Waals surface area contributed by atoms with Crippen LogP contribution in [0.15, 0.2) is 47.6 Å². The summed E-state index contributed by atoms with van der Waals surface area (Å²) < 4.78 is 37.2. The van der Waals surface area contributed by atoms with Gasteiger partial charge in [-0.15, -0.1) is 0 Å². The zero-order valence-electron chi connectivity index (χ0n) is 13.6. The van der Waals surface area contributed by atoms with Crippen molar-refractivity contribution < 1.29 is 12.8 Å². The highest BCUT2D eigenvalue weighted by molar-refractivity contribution is 7.89. The number of anilines is 1. The molecule has 0 amide bonds.